The van der Waals surface area contributed by atoms with Gasteiger partial charge >= 0.3 is 0 Å². The number of nitrogen functional groups attached to an aromatic ring is 2. The standard InChI is InChI=1S/C2H5N5S.CH4/c3-1-6-7-2(5-4)8-1;/h4H2,(H2,3,6)(H,5,7);1H4. The van der Waals surface area contributed by atoms with Gasteiger partial charge in [0.25, 0.3) is 0 Å². The molecule has 52 valence electrons. The lowest BCUT2D eigenvalue weighted by Crippen LogP contribution is -2.05. The first-order chi connectivity index (χ1) is 3.83. The predicted octanol–water partition coefficient (Wildman–Crippen LogP) is 0.0420. The Labute approximate surface area is 57.1 Å². The van der Waals surface area contributed by atoms with Gasteiger partial charge in [0.05, 0.1) is 0 Å². The van der Waals surface area contributed by atoms with Crippen molar-refractivity contribution in [1.29, 1.82) is 0 Å². The van der Waals surface area contributed by atoms with Crippen LogP contribution in [0.15, 0.2) is 0 Å². The molecule has 1 aromatic heterocycles. The first-order valence-corrected chi connectivity index (χ1v) is 2.70. The average molecular weight is 147 g/mol. The summed E-state index contributed by atoms with van der Waals surface area (Å²) in [5.41, 5.74) is 7.52. The van der Waals surface area contributed by atoms with Crippen LogP contribution in [0.3, 0.4) is 0 Å². The number of rotatable bonds is 1. The second-order valence-electron chi connectivity index (χ2n) is 1.09. The lowest BCUT2D eigenvalue weighted by Gasteiger charge is -1.82. The van der Waals surface area contributed by atoms with Crippen LogP contribution in [0, 0.1) is 0 Å². The molecule has 0 atom stereocenters. The maximum absolute atomic E-state index is 5.20. The summed E-state index contributed by atoms with van der Waals surface area (Å²) in [5, 5.41) is 7.98. The Kier molecular flexibility index (Phi) is 2.89. The zero-order valence-corrected chi connectivity index (χ0v) is 4.77. The Balaban J connectivity index is 0.000000640. The Morgan fingerprint density at radius 3 is 2.33 bits per heavy atom. The van der Waals surface area contributed by atoms with Crippen LogP contribution in [0.2, 0.25) is 0 Å². The van der Waals surface area contributed by atoms with Crippen LogP contribution in [-0.4, -0.2) is 10.2 Å². The second kappa shape index (κ2) is 3.21. The quantitative estimate of drug-likeness (QED) is 0.385. The summed E-state index contributed by atoms with van der Waals surface area (Å²) in [7, 11) is 0. The van der Waals surface area contributed by atoms with Crippen LogP contribution in [0.4, 0.5) is 10.3 Å². The van der Waals surface area contributed by atoms with E-state index in [1.807, 2.05) is 0 Å². The van der Waals surface area contributed by atoms with Gasteiger partial charge in [0.2, 0.25) is 10.3 Å². The highest BCUT2D eigenvalue weighted by atomic mass is 32.1. The topological polar surface area (TPSA) is 89.8 Å². The summed E-state index contributed by atoms with van der Waals surface area (Å²) in [6, 6.07) is 0. The van der Waals surface area contributed by atoms with Gasteiger partial charge in [-0.3, -0.25) is 5.43 Å². The summed E-state index contributed by atoms with van der Waals surface area (Å²) < 4.78 is 0. The second-order valence-corrected chi connectivity index (χ2v) is 2.10. The highest BCUT2D eigenvalue weighted by molar-refractivity contribution is 7.18. The van der Waals surface area contributed by atoms with Crippen LogP contribution in [0.5, 0.6) is 0 Å². The Morgan fingerprint density at radius 1 is 1.44 bits per heavy atom. The molecule has 0 amide bonds. The van der Waals surface area contributed by atoms with E-state index in [4.69, 9.17) is 11.6 Å². The van der Waals surface area contributed by atoms with Crippen LogP contribution >= 0.6 is 11.3 Å². The van der Waals surface area contributed by atoms with Crippen LogP contribution in [-0.2, 0) is 0 Å². The lowest BCUT2D eigenvalue weighted by atomic mass is 11.3. The van der Waals surface area contributed by atoms with Crippen molar-refractivity contribution in [1.82, 2.24) is 10.2 Å². The average Bonchev–Trinajstić information content (AvgIpc) is 2.14. The van der Waals surface area contributed by atoms with E-state index in [0.717, 1.165) is 0 Å². The third-order valence-electron chi connectivity index (χ3n) is 0.564. The predicted molar refractivity (Wildman–Crippen MR) is 38.9 cm³/mol. The summed E-state index contributed by atoms with van der Waals surface area (Å²) in [6.07, 6.45) is 0. The molecule has 0 aliphatic carbocycles. The molecule has 0 aliphatic heterocycles. The van der Waals surface area contributed by atoms with Gasteiger partial charge in [0, 0.05) is 0 Å². The molecule has 0 bridgehead atoms. The Morgan fingerprint density at radius 2 is 2.11 bits per heavy atom. The van der Waals surface area contributed by atoms with Crippen molar-refractivity contribution in [2.75, 3.05) is 11.2 Å². The van der Waals surface area contributed by atoms with Crippen LogP contribution in [0.1, 0.15) is 7.43 Å². The molecule has 9 heavy (non-hydrogen) atoms. The molecule has 1 heterocycles. The third-order valence-corrected chi connectivity index (χ3v) is 1.25. The van der Waals surface area contributed by atoms with Crippen molar-refractivity contribution in [3.63, 3.8) is 0 Å². The van der Waals surface area contributed by atoms with Gasteiger partial charge in [0.15, 0.2) is 0 Å². The number of nitrogens with one attached hydrogen (secondary N) is 1. The Bertz CT molecular complexity index is 172. The van der Waals surface area contributed by atoms with E-state index >= 15 is 0 Å². The van der Waals surface area contributed by atoms with E-state index in [1.54, 1.807) is 0 Å². The maximum Gasteiger partial charge on any atom is 0.221 e. The first-order valence-electron chi connectivity index (χ1n) is 1.88. The van der Waals surface area contributed by atoms with Crippen LogP contribution < -0.4 is 17.0 Å². The van der Waals surface area contributed by atoms with Crippen molar-refractivity contribution < 1.29 is 0 Å². The molecule has 0 spiro atoms. The van der Waals surface area contributed by atoms with E-state index in [-0.39, 0.29) is 7.43 Å². The van der Waals surface area contributed by atoms with Gasteiger partial charge in [-0.05, 0) is 0 Å². The van der Waals surface area contributed by atoms with E-state index in [9.17, 15) is 0 Å². The van der Waals surface area contributed by atoms with Gasteiger partial charge < -0.3 is 5.73 Å². The maximum atomic E-state index is 5.20. The lowest BCUT2D eigenvalue weighted by molar-refractivity contribution is 1.08. The van der Waals surface area contributed by atoms with E-state index in [0.29, 0.717) is 10.3 Å². The normalized spacial score (nSPS) is 8.11. The van der Waals surface area contributed by atoms with Gasteiger partial charge in [-0.1, -0.05) is 18.8 Å². The van der Waals surface area contributed by atoms with Crippen molar-refractivity contribution in [2.24, 2.45) is 5.84 Å². The molecule has 0 saturated heterocycles. The fourth-order valence-electron chi connectivity index (χ4n) is 0.293. The zero-order valence-electron chi connectivity index (χ0n) is 3.96. The molecule has 0 unspecified atom stereocenters. The minimum Gasteiger partial charge on any atom is -0.374 e. The van der Waals surface area contributed by atoms with Gasteiger partial charge in [-0.15, -0.1) is 10.2 Å². The number of nitrogens with two attached hydrogens (primary N) is 2. The Hall–Kier alpha value is -0.880. The van der Waals surface area contributed by atoms with E-state index < -0.39 is 0 Å². The number of hydrazine groups is 1. The molecule has 0 saturated carbocycles. The molecule has 5 nitrogen and oxygen atoms in total. The molecule has 6 heteroatoms. The number of nitrogens with zero attached hydrogens (tertiary/aromatic N) is 2. The molecule has 0 fully saturated rings. The highest BCUT2D eigenvalue weighted by Gasteiger charge is 1.93. The van der Waals surface area contributed by atoms with Gasteiger partial charge in [-0.25, -0.2) is 5.84 Å². The molecular formula is C3H9N5S. The summed E-state index contributed by atoms with van der Waals surface area (Å²) in [6.45, 7) is 0. The molecule has 0 aromatic carbocycles. The van der Waals surface area contributed by atoms with Gasteiger partial charge in [0.1, 0.15) is 0 Å². The molecule has 0 aliphatic rings. The molecule has 0 radical (unpaired) electrons. The SMILES string of the molecule is C.NNc1nnc(N)s1. The monoisotopic (exact) mass is 147 g/mol. The molecule has 1 aromatic rings. The highest BCUT2D eigenvalue weighted by Crippen LogP contribution is 2.13. The summed E-state index contributed by atoms with van der Waals surface area (Å²) >= 11 is 1.21. The number of hydrogen-bond donors (Lipinski definition) is 3. The molecule has 1 rings (SSSR count). The molecule has 5 N–H and O–H groups in total. The van der Waals surface area contributed by atoms with Crippen molar-refractivity contribution in [2.45, 2.75) is 7.43 Å². The van der Waals surface area contributed by atoms with Gasteiger partial charge in [-0.2, -0.15) is 0 Å². The fourth-order valence-corrected chi connectivity index (χ4v) is 0.713. The largest absolute Gasteiger partial charge is 0.374 e. The molecular weight excluding hydrogens is 138 g/mol. The van der Waals surface area contributed by atoms with Crippen LogP contribution in [0.25, 0.3) is 0 Å². The van der Waals surface area contributed by atoms with E-state index in [1.165, 1.54) is 11.3 Å². The number of anilines is 2. The summed E-state index contributed by atoms with van der Waals surface area (Å²) in [5.74, 6) is 4.97. The number of aromatic nitrogens is 2. The van der Waals surface area contributed by atoms with Crippen molar-refractivity contribution >= 4 is 21.6 Å². The third kappa shape index (κ3) is 1.82. The minimum absolute atomic E-state index is 0. The minimum atomic E-state index is 0. The van der Waals surface area contributed by atoms with Crippen molar-refractivity contribution in [3.8, 4) is 0 Å². The fraction of sp³-hybridized carbons (Fsp3) is 0.333. The first kappa shape index (κ1) is 8.12. The smallest absolute Gasteiger partial charge is 0.221 e. The summed E-state index contributed by atoms with van der Waals surface area (Å²) in [4.78, 5) is 0. The zero-order chi connectivity index (χ0) is 5.98. The number of hydrogen-bond acceptors (Lipinski definition) is 6. The van der Waals surface area contributed by atoms with E-state index in [2.05, 4.69) is 15.6 Å². The van der Waals surface area contributed by atoms with Crippen molar-refractivity contribution in [3.05, 3.63) is 0 Å².